The Labute approximate surface area is 271 Å². The van der Waals surface area contributed by atoms with Gasteiger partial charge in [0.15, 0.2) is 0 Å². The molecule has 0 aromatic carbocycles. The molecule has 0 aliphatic heterocycles. The first-order chi connectivity index (χ1) is 20.8. The lowest BCUT2D eigenvalue weighted by Gasteiger charge is -2.52. The summed E-state index contributed by atoms with van der Waals surface area (Å²) < 4.78 is 0. The minimum atomic E-state index is -0.160. The third kappa shape index (κ3) is 7.29. The quantitative estimate of drug-likeness (QED) is 0.243. The second-order valence-corrected chi connectivity index (χ2v) is 18.5. The zero-order valence-corrected chi connectivity index (χ0v) is 29.8. The van der Waals surface area contributed by atoms with E-state index in [0.717, 1.165) is 23.7 Å². The molecule has 0 saturated heterocycles. The molecule has 5 saturated carbocycles. The van der Waals surface area contributed by atoms with Crippen molar-refractivity contribution in [2.75, 3.05) is 0 Å². The number of hydrogen-bond acceptors (Lipinski definition) is 4. The zero-order valence-electron chi connectivity index (χ0n) is 29.8. The van der Waals surface area contributed by atoms with Crippen LogP contribution in [0.3, 0.4) is 0 Å². The third-order valence-electron chi connectivity index (χ3n) is 15.1. The van der Waals surface area contributed by atoms with Gasteiger partial charge in [-0.3, -0.25) is 0 Å². The molecular weight excluding hydrogens is 544 g/mol. The van der Waals surface area contributed by atoms with Crippen molar-refractivity contribution in [2.24, 2.45) is 94.7 Å². The molecule has 256 valence electrons. The van der Waals surface area contributed by atoms with Gasteiger partial charge in [0.1, 0.15) is 0 Å². The van der Waals surface area contributed by atoms with Crippen LogP contribution in [-0.4, -0.2) is 44.8 Å². The molecule has 5 fully saturated rings. The Kier molecular flexibility index (Phi) is 11.6. The highest BCUT2D eigenvalue weighted by Gasteiger charge is 2.49. The predicted octanol–water partition coefficient (Wildman–Crippen LogP) is 8.20. The van der Waals surface area contributed by atoms with Crippen LogP contribution in [0.2, 0.25) is 0 Å². The Hall–Kier alpha value is -0.160. The van der Waals surface area contributed by atoms with Crippen molar-refractivity contribution in [3.63, 3.8) is 0 Å². The molecule has 0 aromatic heterocycles. The monoisotopic (exact) mass is 617 g/mol. The number of aliphatic hydroxyl groups is 4. The fraction of sp³-hybridized carbons (Fsp3) is 1.00. The molecule has 0 heterocycles. The Morgan fingerprint density at radius 3 is 0.614 bits per heavy atom. The van der Waals surface area contributed by atoms with E-state index >= 15 is 0 Å². The summed E-state index contributed by atoms with van der Waals surface area (Å²) in [6, 6.07) is 0. The first kappa shape index (κ1) is 35.2. The maximum atomic E-state index is 10.9. The fourth-order valence-electron chi connectivity index (χ4n) is 13.0. The van der Waals surface area contributed by atoms with E-state index in [0.29, 0.717) is 71.0 Å². The Balaban J connectivity index is 1.36. The van der Waals surface area contributed by atoms with Gasteiger partial charge in [0.25, 0.3) is 0 Å². The van der Waals surface area contributed by atoms with Gasteiger partial charge in [0.2, 0.25) is 0 Å². The van der Waals surface area contributed by atoms with E-state index in [1.165, 1.54) is 77.0 Å². The summed E-state index contributed by atoms with van der Waals surface area (Å²) in [6.45, 7) is 18.3. The van der Waals surface area contributed by atoms with Gasteiger partial charge in [-0.25, -0.2) is 0 Å². The van der Waals surface area contributed by atoms with Gasteiger partial charge in [-0.2, -0.15) is 0 Å². The van der Waals surface area contributed by atoms with E-state index in [2.05, 4.69) is 55.4 Å². The van der Waals surface area contributed by atoms with Crippen LogP contribution >= 0.6 is 0 Å². The summed E-state index contributed by atoms with van der Waals surface area (Å²) in [5, 5.41) is 43.5. The van der Waals surface area contributed by atoms with Crippen molar-refractivity contribution < 1.29 is 20.4 Å². The molecule has 4 heteroatoms. The van der Waals surface area contributed by atoms with Crippen molar-refractivity contribution >= 4 is 0 Å². The SMILES string of the molecule is CC1CC(C(C2CCC(C(C3CC(C)C(O)C(C)C3)C3CC(C)C(O)C(C)C3)CC2)C2CC(C)C(O)C(C)C2)CC(C)C1O. The van der Waals surface area contributed by atoms with Crippen LogP contribution in [0.5, 0.6) is 0 Å². The molecule has 5 rings (SSSR count). The minimum Gasteiger partial charge on any atom is -0.393 e. The molecule has 4 N–H and O–H groups in total. The first-order valence-electron chi connectivity index (χ1n) is 19.5. The maximum Gasteiger partial charge on any atom is 0.0591 e. The van der Waals surface area contributed by atoms with E-state index in [9.17, 15) is 20.4 Å². The van der Waals surface area contributed by atoms with Crippen molar-refractivity contribution in [3.05, 3.63) is 0 Å². The van der Waals surface area contributed by atoms with Gasteiger partial charge in [-0.1, -0.05) is 55.4 Å². The maximum absolute atomic E-state index is 10.9. The third-order valence-corrected chi connectivity index (χ3v) is 15.1. The second-order valence-electron chi connectivity index (χ2n) is 18.5. The minimum absolute atomic E-state index is 0.160. The molecule has 8 unspecified atom stereocenters. The molecule has 5 aliphatic carbocycles. The van der Waals surface area contributed by atoms with Crippen LogP contribution in [0.25, 0.3) is 0 Å². The lowest BCUT2D eigenvalue weighted by molar-refractivity contribution is -0.0719. The van der Waals surface area contributed by atoms with Gasteiger partial charge in [0, 0.05) is 0 Å². The van der Waals surface area contributed by atoms with Crippen LogP contribution in [0.4, 0.5) is 0 Å². The smallest absolute Gasteiger partial charge is 0.0591 e. The van der Waals surface area contributed by atoms with Gasteiger partial charge in [-0.05, 0) is 172 Å². The average Bonchev–Trinajstić information content (AvgIpc) is 2.97. The lowest BCUT2D eigenvalue weighted by Crippen LogP contribution is -2.47. The molecule has 4 nitrogen and oxygen atoms in total. The highest BCUT2D eigenvalue weighted by molar-refractivity contribution is 4.98. The lowest BCUT2D eigenvalue weighted by atomic mass is 9.54. The van der Waals surface area contributed by atoms with Crippen LogP contribution in [-0.2, 0) is 0 Å². The van der Waals surface area contributed by atoms with Gasteiger partial charge in [0.05, 0.1) is 24.4 Å². The molecule has 5 aliphatic rings. The Bertz CT molecular complexity index is 720. The summed E-state index contributed by atoms with van der Waals surface area (Å²) >= 11 is 0. The Morgan fingerprint density at radius 2 is 0.455 bits per heavy atom. The largest absolute Gasteiger partial charge is 0.393 e. The van der Waals surface area contributed by atoms with Crippen molar-refractivity contribution in [3.8, 4) is 0 Å². The Morgan fingerprint density at radius 1 is 0.295 bits per heavy atom. The van der Waals surface area contributed by atoms with E-state index in [4.69, 9.17) is 0 Å². The number of hydrogen-bond donors (Lipinski definition) is 4. The summed E-state index contributed by atoms with van der Waals surface area (Å²) in [7, 11) is 0. The summed E-state index contributed by atoms with van der Waals surface area (Å²) in [5.41, 5.74) is 0. The topological polar surface area (TPSA) is 80.9 Å². The highest BCUT2D eigenvalue weighted by Crippen LogP contribution is 2.55. The second kappa shape index (κ2) is 14.5. The molecule has 0 aromatic rings. The fourth-order valence-corrected chi connectivity index (χ4v) is 13.0. The van der Waals surface area contributed by atoms with E-state index < -0.39 is 0 Å². The van der Waals surface area contributed by atoms with Crippen LogP contribution < -0.4 is 0 Å². The summed E-state index contributed by atoms with van der Waals surface area (Å²) in [6.07, 6.45) is 14.1. The molecular formula is C40H72O4. The van der Waals surface area contributed by atoms with E-state index in [1.807, 2.05) is 0 Å². The van der Waals surface area contributed by atoms with Gasteiger partial charge < -0.3 is 20.4 Å². The zero-order chi connectivity index (χ0) is 32.0. The predicted molar refractivity (Wildman–Crippen MR) is 181 cm³/mol. The molecule has 0 bridgehead atoms. The number of rotatable bonds is 6. The highest BCUT2D eigenvalue weighted by atomic mass is 16.3. The van der Waals surface area contributed by atoms with Gasteiger partial charge >= 0.3 is 0 Å². The van der Waals surface area contributed by atoms with Crippen LogP contribution in [0.1, 0.15) is 132 Å². The summed E-state index contributed by atoms with van der Waals surface area (Å²) in [4.78, 5) is 0. The normalized spacial score (nSPS) is 54.0. The first-order valence-corrected chi connectivity index (χ1v) is 19.5. The van der Waals surface area contributed by atoms with Gasteiger partial charge in [-0.15, -0.1) is 0 Å². The summed E-state index contributed by atoms with van der Waals surface area (Å²) in [5.74, 6) is 8.82. The molecule has 0 amide bonds. The van der Waals surface area contributed by atoms with Crippen LogP contribution in [0.15, 0.2) is 0 Å². The number of aliphatic hydroxyl groups excluding tert-OH is 4. The molecule has 0 spiro atoms. The van der Waals surface area contributed by atoms with E-state index in [1.54, 1.807) is 0 Å². The molecule has 8 atom stereocenters. The van der Waals surface area contributed by atoms with Crippen molar-refractivity contribution in [1.29, 1.82) is 0 Å². The van der Waals surface area contributed by atoms with Crippen LogP contribution in [0, 0.1) is 94.7 Å². The van der Waals surface area contributed by atoms with E-state index in [-0.39, 0.29) is 24.4 Å². The standard InChI is InChI=1S/C40H72O4/c1-21-13-31(14-22(2)37(21)41)35(32-15-23(3)38(42)24(4)16-32)29-9-11-30(12-10-29)36(33-17-25(5)39(43)26(6)18-33)34-19-27(7)40(44)28(8)20-34/h21-44H,9-20H2,1-8H3. The molecule has 44 heavy (non-hydrogen) atoms. The molecule has 0 radical (unpaired) electrons. The van der Waals surface area contributed by atoms with Crippen molar-refractivity contribution in [1.82, 2.24) is 0 Å². The van der Waals surface area contributed by atoms with Crippen molar-refractivity contribution in [2.45, 2.75) is 157 Å². The average molecular weight is 617 g/mol.